The van der Waals surface area contributed by atoms with Gasteiger partial charge in [0, 0.05) is 0 Å². The summed E-state index contributed by atoms with van der Waals surface area (Å²) in [5.41, 5.74) is 5.21. The van der Waals surface area contributed by atoms with E-state index in [1.54, 1.807) is 0 Å². The quantitative estimate of drug-likeness (QED) is 0.260. The fraction of sp³-hybridized carbons (Fsp3) is 0.188. The molecule has 0 amide bonds. The van der Waals surface area contributed by atoms with Crippen molar-refractivity contribution in [2.45, 2.75) is 38.9 Å². The number of hydrogen-bond acceptors (Lipinski definition) is 2. The maximum absolute atomic E-state index is 6.31. The molecule has 1 fully saturated rings. The Balaban J connectivity index is 1.41. The first-order valence-corrected chi connectivity index (χ1v) is 12.3. The molecule has 0 spiro atoms. The average Bonchev–Trinajstić information content (AvgIpc) is 3.09. The van der Waals surface area contributed by atoms with Crippen LogP contribution in [0.5, 0.6) is 0 Å². The second kappa shape index (κ2) is 8.08. The summed E-state index contributed by atoms with van der Waals surface area (Å²) in [4.78, 5) is 0. The molecule has 0 atom stereocenters. The minimum atomic E-state index is -0.368. The van der Waals surface area contributed by atoms with Gasteiger partial charge in [-0.25, -0.2) is 0 Å². The molecular formula is C32H29BO2. The molecule has 0 radical (unpaired) electrons. The van der Waals surface area contributed by atoms with Gasteiger partial charge in [0.2, 0.25) is 0 Å². The van der Waals surface area contributed by atoms with Gasteiger partial charge >= 0.3 is 7.12 Å². The van der Waals surface area contributed by atoms with Gasteiger partial charge in [0.15, 0.2) is 0 Å². The first kappa shape index (κ1) is 22.1. The zero-order valence-corrected chi connectivity index (χ0v) is 20.7. The van der Waals surface area contributed by atoms with Crippen molar-refractivity contribution in [1.82, 2.24) is 0 Å². The molecule has 0 aromatic heterocycles. The Bertz CT molecular complexity index is 1550. The zero-order chi connectivity index (χ0) is 24.2. The minimum Gasteiger partial charge on any atom is -0.399 e. The highest BCUT2D eigenvalue weighted by Gasteiger charge is 2.51. The van der Waals surface area contributed by atoms with Crippen molar-refractivity contribution in [1.29, 1.82) is 0 Å². The van der Waals surface area contributed by atoms with E-state index in [1.807, 2.05) is 0 Å². The Labute approximate surface area is 207 Å². The van der Waals surface area contributed by atoms with Crippen molar-refractivity contribution < 1.29 is 9.31 Å². The summed E-state index contributed by atoms with van der Waals surface area (Å²) >= 11 is 0. The van der Waals surface area contributed by atoms with Crippen LogP contribution in [-0.2, 0) is 9.31 Å². The summed E-state index contributed by atoms with van der Waals surface area (Å²) in [6.07, 6.45) is 0. The van der Waals surface area contributed by atoms with Gasteiger partial charge < -0.3 is 9.31 Å². The van der Waals surface area contributed by atoms with Crippen LogP contribution in [0, 0.1) is 0 Å². The standard InChI is InChI=1S/C32H29BO2/c1-31(2)32(3,4)35-33(34-31)26-14-7-12-24(21-26)28-17-9-13-23-20-25(18-19-30(23)28)29-16-8-11-22-10-5-6-15-27(22)29/h5-21H,1-4H3. The van der Waals surface area contributed by atoms with Crippen LogP contribution in [0.1, 0.15) is 27.7 Å². The Morgan fingerprint density at radius 2 is 1.09 bits per heavy atom. The number of benzene rings is 5. The normalized spacial score (nSPS) is 16.7. The molecule has 2 nitrogen and oxygen atoms in total. The number of fused-ring (bicyclic) bond motifs is 2. The molecule has 6 rings (SSSR count). The third kappa shape index (κ3) is 3.76. The fourth-order valence-electron chi connectivity index (χ4n) is 5.01. The van der Waals surface area contributed by atoms with Crippen LogP contribution in [0.25, 0.3) is 43.8 Å². The molecule has 3 heteroatoms. The van der Waals surface area contributed by atoms with Crippen LogP contribution in [-0.4, -0.2) is 18.3 Å². The summed E-state index contributed by atoms with van der Waals surface area (Å²) in [7, 11) is -0.368. The van der Waals surface area contributed by atoms with Gasteiger partial charge in [-0.05, 0) is 83.0 Å². The van der Waals surface area contributed by atoms with Crippen LogP contribution in [0.15, 0.2) is 103 Å². The van der Waals surface area contributed by atoms with E-state index in [9.17, 15) is 0 Å². The van der Waals surface area contributed by atoms with E-state index in [-0.39, 0.29) is 18.3 Å². The van der Waals surface area contributed by atoms with E-state index >= 15 is 0 Å². The highest BCUT2D eigenvalue weighted by atomic mass is 16.7. The van der Waals surface area contributed by atoms with Gasteiger partial charge in [-0.2, -0.15) is 0 Å². The van der Waals surface area contributed by atoms with E-state index in [0.717, 1.165) is 5.46 Å². The second-order valence-electron chi connectivity index (χ2n) is 10.5. The van der Waals surface area contributed by atoms with Gasteiger partial charge in [-0.3, -0.25) is 0 Å². The summed E-state index contributed by atoms with van der Waals surface area (Å²) in [5, 5.41) is 5.01. The zero-order valence-electron chi connectivity index (χ0n) is 20.7. The van der Waals surface area contributed by atoms with Crippen molar-refractivity contribution in [3.05, 3.63) is 103 Å². The number of hydrogen-bond donors (Lipinski definition) is 0. The van der Waals surface area contributed by atoms with E-state index < -0.39 is 0 Å². The summed E-state index contributed by atoms with van der Waals surface area (Å²) in [6, 6.07) is 37.0. The molecule has 1 aliphatic heterocycles. The van der Waals surface area contributed by atoms with Crippen molar-refractivity contribution >= 4 is 34.1 Å². The van der Waals surface area contributed by atoms with Crippen LogP contribution in [0.2, 0.25) is 0 Å². The van der Waals surface area contributed by atoms with Crippen molar-refractivity contribution in [3.8, 4) is 22.3 Å². The molecule has 1 saturated heterocycles. The van der Waals surface area contributed by atoms with Crippen LogP contribution in [0.4, 0.5) is 0 Å². The molecule has 35 heavy (non-hydrogen) atoms. The van der Waals surface area contributed by atoms with Gasteiger partial charge in [-0.15, -0.1) is 0 Å². The fourth-order valence-corrected chi connectivity index (χ4v) is 5.01. The summed E-state index contributed by atoms with van der Waals surface area (Å²) < 4.78 is 12.6. The van der Waals surface area contributed by atoms with E-state index in [1.165, 1.54) is 43.8 Å². The molecule has 0 saturated carbocycles. The summed E-state index contributed by atoms with van der Waals surface area (Å²) in [5.74, 6) is 0. The van der Waals surface area contributed by atoms with E-state index in [0.29, 0.717) is 0 Å². The predicted molar refractivity (Wildman–Crippen MR) is 148 cm³/mol. The Morgan fingerprint density at radius 3 is 1.83 bits per heavy atom. The van der Waals surface area contributed by atoms with Crippen LogP contribution < -0.4 is 5.46 Å². The van der Waals surface area contributed by atoms with Crippen molar-refractivity contribution in [2.24, 2.45) is 0 Å². The maximum Gasteiger partial charge on any atom is 0.494 e. The van der Waals surface area contributed by atoms with Crippen LogP contribution >= 0.6 is 0 Å². The number of rotatable bonds is 3. The molecule has 5 aromatic rings. The van der Waals surface area contributed by atoms with Crippen LogP contribution in [0.3, 0.4) is 0 Å². The first-order valence-electron chi connectivity index (χ1n) is 12.3. The Kier molecular flexibility index (Phi) is 5.10. The van der Waals surface area contributed by atoms with Gasteiger partial charge in [0.05, 0.1) is 11.2 Å². The van der Waals surface area contributed by atoms with E-state index in [2.05, 4.69) is 131 Å². The van der Waals surface area contributed by atoms with Gasteiger partial charge in [0.25, 0.3) is 0 Å². The minimum absolute atomic E-state index is 0.356. The Morgan fingerprint density at radius 1 is 0.514 bits per heavy atom. The maximum atomic E-state index is 6.31. The first-order chi connectivity index (χ1) is 16.8. The average molecular weight is 456 g/mol. The molecule has 172 valence electrons. The highest BCUT2D eigenvalue weighted by molar-refractivity contribution is 6.62. The summed E-state index contributed by atoms with van der Waals surface area (Å²) in [6.45, 7) is 8.37. The topological polar surface area (TPSA) is 18.5 Å². The molecule has 5 aromatic carbocycles. The SMILES string of the molecule is CC1(C)OB(c2cccc(-c3cccc4cc(-c5cccc6ccccc56)ccc34)c2)OC1(C)C. The third-order valence-corrected chi connectivity index (χ3v) is 7.70. The third-order valence-electron chi connectivity index (χ3n) is 7.70. The lowest BCUT2D eigenvalue weighted by Crippen LogP contribution is -2.41. The highest BCUT2D eigenvalue weighted by Crippen LogP contribution is 2.37. The predicted octanol–water partition coefficient (Wildman–Crippen LogP) is 7.63. The molecule has 0 aliphatic carbocycles. The van der Waals surface area contributed by atoms with Crippen molar-refractivity contribution in [3.63, 3.8) is 0 Å². The Hall–Kier alpha value is -3.40. The molecule has 1 heterocycles. The largest absolute Gasteiger partial charge is 0.494 e. The molecule has 0 unspecified atom stereocenters. The molecule has 0 N–H and O–H groups in total. The lowest BCUT2D eigenvalue weighted by molar-refractivity contribution is 0.00578. The van der Waals surface area contributed by atoms with Gasteiger partial charge in [0.1, 0.15) is 0 Å². The van der Waals surface area contributed by atoms with E-state index in [4.69, 9.17) is 9.31 Å². The smallest absolute Gasteiger partial charge is 0.399 e. The monoisotopic (exact) mass is 456 g/mol. The second-order valence-corrected chi connectivity index (χ2v) is 10.5. The molecular weight excluding hydrogens is 427 g/mol. The lowest BCUT2D eigenvalue weighted by Gasteiger charge is -2.32. The molecule has 1 aliphatic rings. The van der Waals surface area contributed by atoms with Gasteiger partial charge in [-0.1, -0.05) is 97.1 Å². The van der Waals surface area contributed by atoms with Crippen molar-refractivity contribution in [2.75, 3.05) is 0 Å². The molecule has 0 bridgehead atoms. The lowest BCUT2D eigenvalue weighted by atomic mass is 9.77.